The van der Waals surface area contributed by atoms with Crippen LogP contribution in [0, 0.1) is 5.92 Å². The number of carbonyl (C=O) groups excluding carboxylic acids is 1. The summed E-state index contributed by atoms with van der Waals surface area (Å²) in [7, 11) is 1.76. The van der Waals surface area contributed by atoms with Crippen LogP contribution in [-0.2, 0) is 24.9 Å². The molecule has 6 rings (SSSR count). The number of carbonyl (C=O) groups is 1. The molecule has 1 N–H and O–H groups in total. The van der Waals surface area contributed by atoms with Crippen LogP contribution >= 0.6 is 0 Å². The topological polar surface area (TPSA) is 59.3 Å². The molecule has 1 saturated carbocycles. The Morgan fingerprint density at radius 1 is 1.03 bits per heavy atom. The second kappa shape index (κ2) is 10.0. The van der Waals surface area contributed by atoms with Crippen LogP contribution in [0.1, 0.15) is 41.9 Å². The largest absolute Gasteiger partial charge is 0.343 e. The van der Waals surface area contributed by atoms with Gasteiger partial charge in [0, 0.05) is 62.1 Å². The Labute approximate surface area is 217 Å². The third-order valence-corrected chi connectivity index (χ3v) is 8.03. The molecule has 1 amide bonds. The summed E-state index contributed by atoms with van der Waals surface area (Å²) in [5, 5.41) is 4.66. The van der Waals surface area contributed by atoms with Gasteiger partial charge in [0.1, 0.15) is 0 Å². The van der Waals surface area contributed by atoms with E-state index in [4.69, 9.17) is 0 Å². The van der Waals surface area contributed by atoms with E-state index in [9.17, 15) is 9.59 Å². The molecule has 3 heterocycles. The molecule has 2 aromatic carbocycles. The van der Waals surface area contributed by atoms with Crippen molar-refractivity contribution >= 4 is 16.8 Å². The van der Waals surface area contributed by atoms with Crippen molar-refractivity contribution in [1.82, 2.24) is 19.4 Å². The molecular formula is C31H34N4O2. The van der Waals surface area contributed by atoms with E-state index in [2.05, 4.69) is 69.5 Å². The third kappa shape index (κ3) is 4.86. The average Bonchev–Trinajstić information content (AvgIpc) is 3.72. The molecule has 0 radical (unpaired) electrons. The predicted molar refractivity (Wildman–Crippen MR) is 146 cm³/mol. The summed E-state index contributed by atoms with van der Waals surface area (Å²) in [5.74, 6) is 0.0997. The minimum atomic E-state index is -0.167. The van der Waals surface area contributed by atoms with Gasteiger partial charge in [-0.15, -0.1) is 0 Å². The summed E-state index contributed by atoms with van der Waals surface area (Å²) >= 11 is 0. The van der Waals surface area contributed by atoms with Crippen LogP contribution in [0.3, 0.4) is 0 Å². The van der Waals surface area contributed by atoms with Crippen LogP contribution in [0.4, 0.5) is 0 Å². The maximum absolute atomic E-state index is 14.1. The van der Waals surface area contributed by atoms with E-state index in [1.54, 1.807) is 17.7 Å². The molecule has 1 saturated heterocycles. The molecule has 2 aromatic heterocycles. The van der Waals surface area contributed by atoms with Crippen molar-refractivity contribution in [1.29, 1.82) is 0 Å². The highest BCUT2D eigenvalue weighted by Gasteiger charge is 2.40. The van der Waals surface area contributed by atoms with Gasteiger partial charge in [0.15, 0.2) is 0 Å². The van der Waals surface area contributed by atoms with Gasteiger partial charge in [0.2, 0.25) is 5.91 Å². The normalized spacial score (nSPS) is 19.7. The molecule has 4 aromatic rings. The molecule has 2 aliphatic rings. The van der Waals surface area contributed by atoms with Crippen molar-refractivity contribution in [3.05, 3.63) is 106 Å². The summed E-state index contributed by atoms with van der Waals surface area (Å²) in [6.45, 7) is 2.93. The van der Waals surface area contributed by atoms with Gasteiger partial charge in [0.25, 0.3) is 5.56 Å². The highest BCUT2D eigenvalue weighted by atomic mass is 16.2. The Balaban J connectivity index is 1.30. The quantitative estimate of drug-likeness (QED) is 0.417. The highest BCUT2D eigenvalue weighted by Crippen LogP contribution is 2.36. The summed E-state index contributed by atoms with van der Waals surface area (Å²) in [6.07, 6.45) is 7.04. The number of hydrogen-bond donors (Lipinski definition) is 1. The molecule has 0 spiro atoms. The molecular weight excluding hydrogens is 460 g/mol. The number of pyridine rings is 1. The van der Waals surface area contributed by atoms with E-state index in [0.717, 1.165) is 37.9 Å². The van der Waals surface area contributed by atoms with E-state index < -0.39 is 0 Å². The molecule has 1 unspecified atom stereocenters. The monoisotopic (exact) mass is 494 g/mol. The number of hydrogen-bond acceptors (Lipinski definition) is 3. The first kappa shape index (κ1) is 23.7. The number of benzene rings is 2. The number of nitrogens with zero attached hydrogens (tertiary/aromatic N) is 3. The van der Waals surface area contributed by atoms with Gasteiger partial charge >= 0.3 is 0 Å². The molecule has 2 atom stereocenters. The van der Waals surface area contributed by atoms with E-state index in [1.807, 2.05) is 18.3 Å². The van der Waals surface area contributed by atoms with Crippen LogP contribution in [-0.4, -0.2) is 39.1 Å². The first-order valence-electron chi connectivity index (χ1n) is 13.4. The zero-order valence-corrected chi connectivity index (χ0v) is 21.3. The Morgan fingerprint density at radius 2 is 1.81 bits per heavy atom. The summed E-state index contributed by atoms with van der Waals surface area (Å²) in [6, 6.07) is 23.0. The molecule has 190 valence electrons. The number of piperidine rings is 1. The number of nitrogens with one attached hydrogen (secondary N) is 1. The average molecular weight is 495 g/mol. The first-order chi connectivity index (χ1) is 18.1. The fourth-order valence-corrected chi connectivity index (χ4v) is 5.84. The van der Waals surface area contributed by atoms with Crippen LogP contribution in [0.5, 0.6) is 0 Å². The van der Waals surface area contributed by atoms with Gasteiger partial charge in [-0.05, 0) is 60.5 Å². The summed E-state index contributed by atoms with van der Waals surface area (Å²) in [4.78, 5) is 28.6. The lowest BCUT2D eigenvalue weighted by Crippen LogP contribution is -2.47. The number of para-hydroxylation sites is 1. The number of amides is 1. The van der Waals surface area contributed by atoms with Gasteiger partial charge < -0.3 is 19.4 Å². The summed E-state index contributed by atoms with van der Waals surface area (Å²) < 4.78 is 3.89. The van der Waals surface area contributed by atoms with Gasteiger partial charge in [-0.25, -0.2) is 0 Å². The predicted octanol–water partition coefficient (Wildman–Crippen LogP) is 4.27. The lowest BCUT2D eigenvalue weighted by atomic mass is 9.80. The molecule has 6 nitrogen and oxygen atoms in total. The van der Waals surface area contributed by atoms with Crippen molar-refractivity contribution in [2.24, 2.45) is 13.0 Å². The third-order valence-electron chi connectivity index (χ3n) is 8.03. The summed E-state index contributed by atoms with van der Waals surface area (Å²) in [5.41, 5.74) is 4.61. The molecule has 1 aliphatic heterocycles. The van der Waals surface area contributed by atoms with E-state index in [0.29, 0.717) is 19.1 Å². The number of rotatable bonds is 7. The smallest absolute Gasteiger partial charge is 0.250 e. The SMILES string of the molecule is Cn1ccc([C@H]2CCNCC2C(=O)N(Cc2cn(Cc3ccccc3)c3ccccc23)C2CC2)cc1=O. The lowest BCUT2D eigenvalue weighted by Gasteiger charge is -2.35. The second-order valence-corrected chi connectivity index (χ2v) is 10.6. The van der Waals surface area contributed by atoms with Crippen LogP contribution < -0.4 is 10.9 Å². The zero-order chi connectivity index (χ0) is 25.4. The minimum Gasteiger partial charge on any atom is -0.343 e. The van der Waals surface area contributed by atoms with Crippen molar-refractivity contribution in [2.45, 2.75) is 44.3 Å². The molecule has 1 aliphatic carbocycles. The van der Waals surface area contributed by atoms with Crippen LogP contribution in [0.2, 0.25) is 0 Å². The van der Waals surface area contributed by atoms with Gasteiger partial charge in [-0.1, -0.05) is 48.5 Å². The van der Waals surface area contributed by atoms with E-state index in [1.165, 1.54) is 22.0 Å². The van der Waals surface area contributed by atoms with Gasteiger partial charge in [0.05, 0.1) is 5.92 Å². The minimum absolute atomic E-state index is 0.0208. The van der Waals surface area contributed by atoms with Crippen LogP contribution in [0.15, 0.2) is 83.9 Å². The fourth-order valence-electron chi connectivity index (χ4n) is 5.84. The van der Waals surface area contributed by atoms with Crippen LogP contribution in [0.25, 0.3) is 10.9 Å². The fraction of sp³-hybridized carbons (Fsp3) is 0.355. The lowest BCUT2D eigenvalue weighted by molar-refractivity contribution is -0.138. The van der Waals surface area contributed by atoms with E-state index in [-0.39, 0.29) is 23.3 Å². The van der Waals surface area contributed by atoms with E-state index >= 15 is 0 Å². The molecule has 6 heteroatoms. The highest BCUT2D eigenvalue weighted by molar-refractivity contribution is 5.86. The van der Waals surface area contributed by atoms with Crippen molar-refractivity contribution in [2.75, 3.05) is 13.1 Å². The zero-order valence-electron chi connectivity index (χ0n) is 21.3. The number of aryl methyl sites for hydroxylation is 1. The molecule has 2 fully saturated rings. The number of fused-ring (bicyclic) bond motifs is 1. The standard InChI is InChI=1S/C31H34N4O2/c1-33-16-14-23(17-30(33)36)26-13-15-32-18-28(26)31(37)35(25-11-12-25)21-24-20-34(19-22-7-3-2-4-8-22)29-10-6-5-9-27(24)29/h2-10,14,16-17,20,25-26,28,32H,11-13,15,18-19,21H2,1H3/t26-,28?/m1/s1. The first-order valence-corrected chi connectivity index (χ1v) is 13.4. The Morgan fingerprint density at radius 3 is 2.59 bits per heavy atom. The van der Waals surface area contributed by atoms with Gasteiger partial charge in [-0.2, -0.15) is 0 Å². The Kier molecular flexibility index (Phi) is 6.43. The van der Waals surface area contributed by atoms with Crippen molar-refractivity contribution < 1.29 is 4.79 Å². The maximum atomic E-state index is 14.1. The second-order valence-electron chi connectivity index (χ2n) is 10.6. The van der Waals surface area contributed by atoms with Crippen molar-refractivity contribution in [3.63, 3.8) is 0 Å². The van der Waals surface area contributed by atoms with Crippen molar-refractivity contribution in [3.8, 4) is 0 Å². The van der Waals surface area contributed by atoms with Gasteiger partial charge in [-0.3, -0.25) is 9.59 Å². The Bertz CT molecular complexity index is 1470. The molecule has 0 bridgehead atoms. The Hall–Kier alpha value is -3.64. The maximum Gasteiger partial charge on any atom is 0.250 e. The molecule has 37 heavy (non-hydrogen) atoms. The number of aromatic nitrogens is 2.